The zero-order valence-corrected chi connectivity index (χ0v) is 15.8. The summed E-state index contributed by atoms with van der Waals surface area (Å²) >= 11 is 0. The zero-order chi connectivity index (χ0) is 18.4. The van der Waals surface area contributed by atoms with Gasteiger partial charge in [-0.05, 0) is 44.4 Å². The topological polar surface area (TPSA) is 56.8 Å². The van der Waals surface area contributed by atoms with Crippen LogP contribution in [0.1, 0.15) is 38.3 Å². The van der Waals surface area contributed by atoms with Crippen LogP contribution < -0.4 is 0 Å². The maximum Gasteiger partial charge on any atom is 0.312 e. The van der Waals surface area contributed by atoms with E-state index in [0.717, 1.165) is 51.0 Å². The van der Waals surface area contributed by atoms with Crippen LogP contribution in [0.5, 0.6) is 0 Å². The quantitative estimate of drug-likeness (QED) is 0.750. The van der Waals surface area contributed by atoms with Gasteiger partial charge in [0, 0.05) is 57.1 Å². The molecule has 0 N–H and O–H groups in total. The van der Waals surface area contributed by atoms with E-state index in [1.807, 2.05) is 23.1 Å². The van der Waals surface area contributed by atoms with Gasteiger partial charge in [-0.1, -0.05) is 13.0 Å². The fraction of sp³-hybridized carbons (Fsp3) is 0.650. The molecule has 0 unspecified atom stereocenters. The van der Waals surface area contributed by atoms with Crippen LogP contribution in [0.3, 0.4) is 0 Å². The summed E-state index contributed by atoms with van der Waals surface area (Å²) in [5, 5.41) is 0. The molecular weight excluding hydrogens is 328 g/mol. The molecule has 6 nitrogen and oxygen atoms in total. The minimum absolute atomic E-state index is 0.153. The molecule has 142 valence electrons. The van der Waals surface area contributed by atoms with E-state index in [-0.39, 0.29) is 17.9 Å². The fourth-order valence-corrected chi connectivity index (χ4v) is 3.96. The largest absolute Gasteiger partial charge is 0.334 e. The molecule has 0 radical (unpaired) electrons. The Kier molecular flexibility index (Phi) is 6.61. The lowest BCUT2D eigenvalue weighted by molar-refractivity contribution is -0.153. The maximum absolute atomic E-state index is 13.0. The number of piperidine rings is 1. The normalized spacial score (nSPS) is 18.9. The fourth-order valence-electron chi connectivity index (χ4n) is 3.96. The number of hydrogen-bond acceptors (Lipinski definition) is 4. The van der Waals surface area contributed by atoms with Gasteiger partial charge in [0.05, 0.1) is 0 Å². The van der Waals surface area contributed by atoms with Gasteiger partial charge in [0.25, 0.3) is 0 Å². The highest BCUT2D eigenvalue weighted by Gasteiger charge is 2.34. The van der Waals surface area contributed by atoms with Crippen molar-refractivity contribution < 1.29 is 9.59 Å². The second-order valence-electron chi connectivity index (χ2n) is 7.23. The van der Waals surface area contributed by atoms with Gasteiger partial charge >= 0.3 is 11.8 Å². The molecule has 6 heteroatoms. The van der Waals surface area contributed by atoms with E-state index in [4.69, 9.17) is 0 Å². The summed E-state index contributed by atoms with van der Waals surface area (Å²) < 4.78 is 0. The molecule has 1 aromatic rings. The van der Waals surface area contributed by atoms with E-state index >= 15 is 0 Å². The van der Waals surface area contributed by atoms with Crippen molar-refractivity contribution in [3.8, 4) is 0 Å². The number of nitrogens with zero attached hydrogens (tertiary/aromatic N) is 4. The van der Waals surface area contributed by atoms with Crippen LogP contribution in [0.25, 0.3) is 0 Å². The van der Waals surface area contributed by atoms with Crippen molar-refractivity contribution in [2.45, 2.75) is 45.1 Å². The zero-order valence-electron chi connectivity index (χ0n) is 15.8. The molecule has 0 aromatic carbocycles. The van der Waals surface area contributed by atoms with E-state index in [1.54, 1.807) is 11.1 Å². The Morgan fingerprint density at radius 1 is 1.15 bits per heavy atom. The number of likely N-dealkylation sites (tertiary alicyclic amines) is 2. The van der Waals surface area contributed by atoms with E-state index in [9.17, 15) is 9.59 Å². The molecule has 0 aliphatic carbocycles. The van der Waals surface area contributed by atoms with Crippen LogP contribution in [0.15, 0.2) is 24.4 Å². The SMILES string of the molecule is CCN1CCC(N(CCc2ccccn2)C(=O)C(=O)N2CCCC2)CC1. The molecule has 0 atom stereocenters. The average Bonchev–Trinajstić information content (AvgIpc) is 3.23. The van der Waals surface area contributed by atoms with Gasteiger partial charge in [0.1, 0.15) is 0 Å². The number of pyridine rings is 1. The molecule has 3 heterocycles. The third kappa shape index (κ3) is 4.61. The first kappa shape index (κ1) is 18.8. The Labute approximate surface area is 156 Å². The standard InChI is InChI=1S/C20H30N4O2/c1-2-22-14-9-18(10-15-22)24(16-8-17-7-3-4-11-21-17)20(26)19(25)23-12-5-6-13-23/h3-4,7,11,18H,2,5-6,8-10,12-16H2,1H3. The second-order valence-corrected chi connectivity index (χ2v) is 7.23. The third-order valence-corrected chi connectivity index (χ3v) is 5.62. The Bertz CT molecular complexity index is 593. The minimum atomic E-state index is -0.322. The predicted molar refractivity (Wildman–Crippen MR) is 101 cm³/mol. The first-order valence-electron chi connectivity index (χ1n) is 9.91. The van der Waals surface area contributed by atoms with Crippen molar-refractivity contribution in [1.29, 1.82) is 0 Å². The molecule has 2 aliphatic heterocycles. The molecule has 2 saturated heterocycles. The highest BCUT2D eigenvalue weighted by Crippen LogP contribution is 2.19. The van der Waals surface area contributed by atoms with Gasteiger partial charge in [-0.2, -0.15) is 0 Å². The summed E-state index contributed by atoms with van der Waals surface area (Å²) in [6.07, 6.45) is 6.35. The van der Waals surface area contributed by atoms with Crippen molar-refractivity contribution in [3.05, 3.63) is 30.1 Å². The van der Waals surface area contributed by atoms with Gasteiger partial charge in [0.15, 0.2) is 0 Å². The Balaban J connectivity index is 1.68. The number of amides is 2. The molecule has 1 aromatic heterocycles. The summed E-state index contributed by atoms with van der Waals surface area (Å²) in [5.41, 5.74) is 0.963. The lowest BCUT2D eigenvalue weighted by Gasteiger charge is -2.38. The number of rotatable bonds is 5. The average molecular weight is 358 g/mol. The number of aromatic nitrogens is 1. The molecule has 0 saturated carbocycles. The highest BCUT2D eigenvalue weighted by molar-refractivity contribution is 6.35. The molecule has 2 amide bonds. The van der Waals surface area contributed by atoms with Gasteiger partial charge in [-0.15, -0.1) is 0 Å². The summed E-state index contributed by atoms with van der Waals surface area (Å²) in [6.45, 7) is 7.19. The van der Waals surface area contributed by atoms with Crippen molar-refractivity contribution in [2.75, 3.05) is 39.3 Å². The first-order valence-corrected chi connectivity index (χ1v) is 9.91. The minimum Gasteiger partial charge on any atom is -0.334 e. The highest BCUT2D eigenvalue weighted by atomic mass is 16.2. The Hall–Kier alpha value is -1.95. The van der Waals surface area contributed by atoms with Crippen molar-refractivity contribution in [1.82, 2.24) is 19.7 Å². The number of carbonyl (C=O) groups is 2. The van der Waals surface area contributed by atoms with Crippen LogP contribution in [0, 0.1) is 0 Å². The lowest BCUT2D eigenvalue weighted by atomic mass is 10.0. The number of hydrogen-bond donors (Lipinski definition) is 0. The molecule has 3 rings (SSSR count). The maximum atomic E-state index is 13.0. The predicted octanol–water partition coefficient (Wildman–Crippen LogP) is 1.56. The Morgan fingerprint density at radius 3 is 2.50 bits per heavy atom. The molecule has 0 spiro atoms. The van der Waals surface area contributed by atoms with E-state index < -0.39 is 0 Å². The Morgan fingerprint density at radius 2 is 1.88 bits per heavy atom. The molecular formula is C20H30N4O2. The molecule has 2 aliphatic rings. The van der Waals surface area contributed by atoms with E-state index in [0.29, 0.717) is 26.1 Å². The van der Waals surface area contributed by atoms with Crippen molar-refractivity contribution >= 4 is 11.8 Å². The van der Waals surface area contributed by atoms with Gasteiger partial charge in [0.2, 0.25) is 0 Å². The molecule has 2 fully saturated rings. The van der Waals surface area contributed by atoms with Gasteiger partial charge in [-0.3, -0.25) is 14.6 Å². The van der Waals surface area contributed by atoms with Crippen molar-refractivity contribution in [2.24, 2.45) is 0 Å². The van der Waals surface area contributed by atoms with Crippen LogP contribution in [-0.2, 0) is 16.0 Å². The van der Waals surface area contributed by atoms with E-state index in [1.165, 1.54) is 0 Å². The van der Waals surface area contributed by atoms with Gasteiger partial charge in [-0.25, -0.2) is 0 Å². The monoisotopic (exact) mass is 358 g/mol. The van der Waals surface area contributed by atoms with E-state index in [2.05, 4.69) is 16.8 Å². The number of carbonyl (C=O) groups excluding carboxylic acids is 2. The molecule has 0 bridgehead atoms. The van der Waals surface area contributed by atoms with Crippen LogP contribution >= 0.6 is 0 Å². The third-order valence-electron chi connectivity index (χ3n) is 5.62. The summed E-state index contributed by atoms with van der Waals surface area (Å²) in [6, 6.07) is 5.98. The van der Waals surface area contributed by atoms with Crippen LogP contribution in [0.4, 0.5) is 0 Å². The smallest absolute Gasteiger partial charge is 0.312 e. The molecule has 26 heavy (non-hydrogen) atoms. The van der Waals surface area contributed by atoms with Crippen LogP contribution in [-0.4, -0.2) is 76.8 Å². The van der Waals surface area contributed by atoms with Crippen molar-refractivity contribution in [3.63, 3.8) is 0 Å². The summed E-state index contributed by atoms with van der Waals surface area (Å²) in [7, 11) is 0. The first-order chi connectivity index (χ1) is 12.7. The van der Waals surface area contributed by atoms with Gasteiger partial charge < -0.3 is 14.7 Å². The lowest BCUT2D eigenvalue weighted by Crippen LogP contribution is -2.52. The van der Waals surface area contributed by atoms with Crippen LogP contribution in [0.2, 0.25) is 0 Å². The summed E-state index contributed by atoms with van der Waals surface area (Å²) in [5.74, 6) is -0.640. The second kappa shape index (κ2) is 9.12. The summed E-state index contributed by atoms with van der Waals surface area (Å²) in [4.78, 5) is 36.0.